The van der Waals surface area contributed by atoms with Crippen LogP contribution in [0.3, 0.4) is 0 Å². The number of anilines is 3. The molecule has 3 aromatic heterocycles. The molecule has 0 spiro atoms. The first-order valence-electron chi connectivity index (χ1n) is 11.7. The fourth-order valence-corrected chi connectivity index (χ4v) is 3.91. The third-order valence-corrected chi connectivity index (χ3v) is 5.77. The molecule has 5 rings (SSSR count). The van der Waals surface area contributed by atoms with Gasteiger partial charge in [-0.2, -0.15) is 20.8 Å². The summed E-state index contributed by atoms with van der Waals surface area (Å²) in [4.78, 5) is 34.9. The highest BCUT2D eigenvalue weighted by molar-refractivity contribution is 5.91. The summed E-state index contributed by atoms with van der Waals surface area (Å²) < 4.78 is 19.5. The molecule has 1 aliphatic rings. The van der Waals surface area contributed by atoms with Gasteiger partial charge >= 0.3 is 11.9 Å². The first-order valence-corrected chi connectivity index (χ1v) is 11.7. The molecule has 4 heterocycles. The van der Waals surface area contributed by atoms with Crippen LogP contribution in [-0.4, -0.2) is 57.1 Å². The average molecular weight is 503 g/mol. The highest BCUT2D eigenvalue weighted by Crippen LogP contribution is 2.26. The number of hydrogen-bond donors (Lipinski definition) is 3. The Morgan fingerprint density at radius 3 is 2.54 bits per heavy atom. The van der Waals surface area contributed by atoms with E-state index in [1.807, 2.05) is 25.1 Å². The largest absolute Gasteiger partial charge is 0.378 e. The van der Waals surface area contributed by atoms with Gasteiger partial charge in [-0.3, -0.25) is 4.79 Å². The zero-order valence-corrected chi connectivity index (χ0v) is 20.1. The maximum absolute atomic E-state index is 14.2. The van der Waals surface area contributed by atoms with Crippen LogP contribution < -0.4 is 21.1 Å². The van der Waals surface area contributed by atoms with Crippen molar-refractivity contribution in [2.45, 2.75) is 6.92 Å². The molecule has 11 nitrogen and oxygen atoms in total. The van der Waals surface area contributed by atoms with Gasteiger partial charge in [-0.25, -0.2) is 19.3 Å². The number of aryl methyl sites for hydroxylation is 1. The summed E-state index contributed by atoms with van der Waals surface area (Å²) in [5.41, 5.74) is 8.85. The number of nitrogens with zero attached hydrogens (tertiary/aromatic N) is 6. The maximum Gasteiger partial charge on any atom is 0.352 e. The van der Waals surface area contributed by atoms with E-state index >= 15 is 0 Å². The van der Waals surface area contributed by atoms with Crippen molar-refractivity contribution >= 4 is 29.0 Å². The lowest BCUT2D eigenvalue weighted by Crippen LogP contribution is -2.90. The van der Waals surface area contributed by atoms with Crippen LogP contribution in [0.5, 0.6) is 0 Å². The Kier molecular flexibility index (Phi) is 7.19. The van der Waals surface area contributed by atoms with Gasteiger partial charge in [0.15, 0.2) is 11.6 Å². The van der Waals surface area contributed by atoms with Gasteiger partial charge in [0.1, 0.15) is 12.0 Å². The van der Waals surface area contributed by atoms with Crippen molar-refractivity contribution in [3.8, 4) is 11.1 Å². The molecule has 4 N–H and O–H groups in total. The molecule has 12 heteroatoms. The number of carbonyl (C=O) groups excluding carboxylic acids is 1. The highest BCUT2D eigenvalue weighted by atomic mass is 19.1. The summed E-state index contributed by atoms with van der Waals surface area (Å²) >= 11 is 0. The van der Waals surface area contributed by atoms with Crippen molar-refractivity contribution < 1.29 is 19.3 Å². The normalized spacial score (nSPS) is 13.3. The zero-order valence-electron chi connectivity index (χ0n) is 20.1. The molecule has 4 aromatic rings. The molecule has 1 aliphatic heterocycles. The first-order chi connectivity index (χ1) is 18.1. The van der Waals surface area contributed by atoms with Gasteiger partial charge in [0.05, 0.1) is 31.3 Å². The Hall–Kier alpha value is -4.55. The number of nitrogen functional groups attached to an aromatic ring is 1. The van der Waals surface area contributed by atoms with E-state index in [-0.39, 0.29) is 17.5 Å². The minimum atomic E-state index is -0.519. The third kappa shape index (κ3) is 5.82. The number of carbonyl (C=O) groups is 1. The van der Waals surface area contributed by atoms with E-state index in [1.165, 1.54) is 11.8 Å². The van der Waals surface area contributed by atoms with Crippen LogP contribution in [0, 0.1) is 12.7 Å². The van der Waals surface area contributed by atoms with E-state index in [1.54, 1.807) is 35.6 Å². The third-order valence-electron chi connectivity index (χ3n) is 5.77. The lowest BCUT2D eigenvalue weighted by atomic mass is 10.0. The quantitative estimate of drug-likeness (QED) is 0.197. The molecular weight excluding hydrogens is 477 g/mol. The van der Waals surface area contributed by atoms with Crippen molar-refractivity contribution in [3.63, 3.8) is 0 Å². The topological polar surface area (TPSA) is 135 Å². The van der Waals surface area contributed by atoms with E-state index in [2.05, 4.69) is 35.7 Å². The van der Waals surface area contributed by atoms with Crippen LogP contribution in [0.15, 0.2) is 61.4 Å². The van der Waals surface area contributed by atoms with Crippen LogP contribution in [0.2, 0.25) is 0 Å². The molecule has 188 valence electrons. The number of halogens is 1. The minimum Gasteiger partial charge on any atom is -0.378 e. The molecule has 0 saturated carbocycles. The number of morpholine rings is 1. The Morgan fingerprint density at radius 2 is 1.81 bits per heavy atom. The molecule has 0 unspecified atom stereocenters. The van der Waals surface area contributed by atoms with Crippen molar-refractivity contribution in [2.24, 2.45) is 0 Å². The maximum atomic E-state index is 14.2. The summed E-state index contributed by atoms with van der Waals surface area (Å²) in [5, 5.41) is 3.29. The number of pyridine rings is 1. The predicted octanol–water partition coefficient (Wildman–Crippen LogP) is 1.90. The smallest absolute Gasteiger partial charge is 0.352 e. The van der Waals surface area contributed by atoms with E-state index in [0.29, 0.717) is 26.3 Å². The number of hydrogen-bond acceptors (Lipinski definition) is 9. The van der Waals surface area contributed by atoms with Crippen molar-refractivity contribution in [3.05, 3.63) is 78.5 Å². The molecule has 1 saturated heterocycles. The lowest BCUT2D eigenvalue weighted by molar-refractivity contribution is -0.625. The number of rotatable bonds is 7. The first kappa shape index (κ1) is 24.2. The van der Waals surface area contributed by atoms with Gasteiger partial charge in [0.25, 0.3) is 0 Å². The second kappa shape index (κ2) is 11.0. The molecule has 0 aliphatic carbocycles. The van der Waals surface area contributed by atoms with Crippen molar-refractivity contribution in [1.29, 1.82) is 0 Å². The van der Waals surface area contributed by atoms with Gasteiger partial charge in [-0.15, -0.1) is 0 Å². The fraction of sp³-hybridized carbons (Fsp3) is 0.200. The number of nitrogens with one attached hydrogen (secondary N) is 2. The molecule has 0 radical (unpaired) electrons. The summed E-state index contributed by atoms with van der Waals surface area (Å²) in [7, 11) is 0. The Bertz CT molecular complexity index is 1380. The van der Waals surface area contributed by atoms with Crippen LogP contribution in [0.1, 0.15) is 16.1 Å². The monoisotopic (exact) mass is 502 g/mol. The summed E-state index contributed by atoms with van der Waals surface area (Å²) in [5.74, 6) is -0.574. The van der Waals surface area contributed by atoms with Crippen molar-refractivity contribution in [1.82, 2.24) is 30.3 Å². The van der Waals surface area contributed by atoms with E-state index in [9.17, 15) is 9.18 Å². The van der Waals surface area contributed by atoms with Gasteiger partial charge in [0.2, 0.25) is 0 Å². The second-order valence-corrected chi connectivity index (χ2v) is 8.33. The van der Waals surface area contributed by atoms with Crippen LogP contribution in [0.25, 0.3) is 11.1 Å². The van der Waals surface area contributed by atoms with Gasteiger partial charge in [-0.05, 0) is 42.3 Å². The average Bonchev–Trinajstić information content (AvgIpc) is 2.94. The Labute approximate surface area is 212 Å². The highest BCUT2D eigenvalue weighted by Gasteiger charge is 2.20. The van der Waals surface area contributed by atoms with E-state index in [4.69, 9.17) is 4.74 Å². The van der Waals surface area contributed by atoms with Gasteiger partial charge < -0.3 is 15.0 Å². The van der Waals surface area contributed by atoms with Crippen molar-refractivity contribution in [2.75, 3.05) is 36.5 Å². The van der Waals surface area contributed by atoms with E-state index in [0.717, 1.165) is 34.3 Å². The number of ether oxygens (including phenoxy) is 1. The SMILES string of the molecule is Cc1cc(Nc2ccc(C(=O)N[NH2+]c3ncc(F)c(N4CCOCC4)n3)nc2)ccc1-c1cncnc1. The van der Waals surface area contributed by atoms with Crippen LogP contribution in [0.4, 0.5) is 27.5 Å². The fourth-order valence-electron chi connectivity index (χ4n) is 3.91. The van der Waals surface area contributed by atoms with Crippen LogP contribution in [-0.2, 0) is 4.74 Å². The molecule has 0 bridgehead atoms. The second-order valence-electron chi connectivity index (χ2n) is 8.33. The number of amides is 1. The number of quaternary nitrogens is 1. The molecule has 1 amide bonds. The predicted molar refractivity (Wildman–Crippen MR) is 134 cm³/mol. The summed E-state index contributed by atoms with van der Waals surface area (Å²) in [6.45, 7) is 4.10. The molecular formula is C25H25FN9O2+. The zero-order chi connectivity index (χ0) is 25.6. The van der Waals surface area contributed by atoms with E-state index < -0.39 is 11.7 Å². The van der Waals surface area contributed by atoms with Crippen LogP contribution >= 0.6 is 0 Å². The Morgan fingerprint density at radius 1 is 1.03 bits per heavy atom. The molecule has 37 heavy (non-hydrogen) atoms. The lowest BCUT2D eigenvalue weighted by Gasteiger charge is -2.27. The number of nitrogens with two attached hydrogens (primary N) is 1. The molecule has 1 aromatic carbocycles. The Balaban J connectivity index is 1.19. The van der Waals surface area contributed by atoms with Gasteiger partial charge in [0, 0.05) is 36.7 Å². The standard InChI is InChI=1S/C25H24FN9O2/c1-16-10-18(2-4-20(16)17-11-27-15-28-12-17)31-19-3-5-22(29-13-19)24(36)33-34-25-30-14-21(26)23(32-25)35-6-8-37-9-7-35/h2-5,10-15,31H,6-9H2,1H3,(H,33,36)(H,30,32,34)/p+1. The molecule has 0 atom stereocenters. The minimum absolute atomic E-state index is 0.188. The summed E-state index contributed by atoms with van der Waals surface area (Å²) in [6, 6.07) is 9.35. The number of aromatic nitrogens is 5. The number of benzene rings is 1. The summed E-state index contributed by atoms with van der Waals surface area (Å²) in [6.07, 6.45) is 7.73. The van der Waals surface area contributed by atoms with Gasteiger partial charge in [-0.1, -0.05) is 6.07 Å². The molecule has 1 fully saturated rings.